The maximum atomic E-state index is 12.2. The van der Waals surface area contributed by atoms with Gasteiger partial charge in [0.2, 0.25) is 0 Å². The molecule has 26 heavy (non-hydrogen) atoms. The first-order chi connectivity index (χ1) is 12.4. The smallest absolute Gasteiger partial charge is 0.303 e. The van der Waals surface area contributed by atoms with E-state index in [0.717, 1.165) is 11.4 Å². The fourth-order valence-electron chi connectivity index (χ4n) is 2.41. The molecule has 140 valence electrons. The number of hydrogen-bond acceptors (Lipinski definition) is 5. The zero-order valence-corrected chi connectivity index (χ0v) is 15.2. The van der Waals surface area contributed by atoms with Crippen LogP contribution in [0.4, 0.5) is 0 Å². The van der Waals surface area contributed by atoms with Gasteiger partial charge in [0.15, 0.2) is 5.69 Å². The average molecular weight is 360 g/mol. The molecule has 0 aliphatic carbocycles. The normalized spacial score (nSPS) is 10.8. The number of amides is 1. The molecular formula is C18H24N4O4. The van der Waals surface area contributed by atoms with Crippen molar-refractivity contribution in [3.05, 3.63) is 35.7 Å². The highest BCUT2D eigenvalue weighted by Crippen LogP contribution is 2.18. The average Bonchev–Trinajstić information content (AvgIpc) is 2.96. The van der Waals surface area contributed by atoms with E-state index in [1.54, 1.807) is 11.6 Å². The predicted octanol–water partition coefficient (Wildman–Crippen LogP) is 2.35. The van der Waals surface area contributed by atoms with Crippen LogP contribution >= 0.6 is 0 Å². The highest BCUT2D eigenvalue weighted by molar-refractivity contribution is 5.93. The molecule has 0 spiro atoms. The second-order valence-corrected chi connectivity index (χ2v) is 6.20. The molecule has 1 amide bonds. The quantitative estimate of drug-likeness (QED) is 0.665. The Kier molecular flexibility index (Phi) is 6.71. The number of carbonyl (C=O) groups excluding carboxylic acids is 1. The Hall–Kier alpha value is -2.90. The molecule has 1 aromatic carbocycles. The molecule has 0 aliphatic rings. The highest BCUT2D eigenvalue weighted by atomic mass is 16.5. The molecule has 1 heterocycles. The number of rotatable bonds is 9. The number of carboxylic acids is 1. The van der Waals surface area contributed by atoms with Gasteiger partial charge in [-0.2, -0.15) is 0 Å². The molecule has 0 atom stereocenters. The summed E-state index contributed by atoms with van der Waals surface area (Å²) < 4.78 is 7.21. The summed E-state index contributed by atoms with van der Waals surface area (Å²) in [6.45, 7) is 6.10. The Morgan fingerprint density at radius 1 is 1.23 bits per heavy atom. The van der Waals surface area contributed by atoms with Gasteiger partial charge in [-0.3, -0.25) is 9.59 Å². The van der Waals surface area contributed by atoms with E-state index >= 15 is 0 Å². The topological polar surface area (TPSA) is 106 Å². The van der Waals surface area contributed by atoms with E-state index in [4.69, 9.17) is 9.84 Å². The number of carbonyl (C=O) groups is 2. The summed E-state index contributed by atoms with van der Waals surface area (Å²) in [6, 6.07) is 7.40. The van der Waals surface area contributed by atoms with Crippen molar-refractivity contribution in [1.29, 1.82) is 0 Å². The Morgan fingerprint density at radius 3 is 2.54 bits per heavy atom. The summed E-state index contributed by atoms with van der Waals surface area (Å²) in [7, 11) is 0. The fourth-order valence-corrected chi connectivity index (χ4v) is 2.41. The van der Waals surface area contributed by atoms with Gasteiger partial charge in [0.25, 0.3) is 5.91 Å². The molecule has 0 bridgehead atoms. The number of aliphatic carboxylic acids is 1. The summed E-state index contributed by atoms with van der Waals surface area (Å²) >= 11 is 0. The Morgan fingerprint density at radius 2 is 1.92 bits per heavy atom. The molecule has 1 aromatic heterocycles. The number of unbranched alkanes of at least 4 members (excludes halogenated alkanes) is 1. The van der Waals surface area contributed by atoms with Gasteiger partial charge in [0.05, 0.1) is 17.5 Å². The lowest BCUT2D eigenvalue weighted by molar-refractivity contribution is -0.137. The van der Waals surface area contributed by atoms with E-state index < -0.39 is 5.97 Å². The van der Waals surface area contributed by atoms with Crippen LogP contribution in [0.15, 0.2) is 24.3 Å². The second kappa shape index (κ2) is 8.98. The van der Waals surface area contributed by atoms with Crippen molar-refractivity contribution in [2.24, 2.45) is 0 Å². The third-order valence-corrected chi connectivity index (χ3v) is 3.67. The van der Waals surface area contributed by atoms with Crippen LogP contribution in [-0.2, 0) is 4.79 Å². The van der Waals surface area contributed by atoms with Crippen LogP contribution in [0, 0.1) is 6.92 Å². The second-order valence-electron chi connectivity index (χ2n) is 6.20. The zero-order valence-electron chi connectivity index (χ0n) is 15.2. The van der Waals surface area contributed by atoms with Crippen molar-refractivity contribution in [2.45, 2.75) is 46.1 Å². The summed E-state index contributed by atoms with van der Waals surface area (Å²) in [5.74, 6) is -0.385. The summed E-state index contributed by atoms with van der Waals surface area (Å²) in [5, 5.41) is 19.4. The van der Waals surface area contributed by atoms with Crippen molar-refractivity contribution in [1.82, 2.24) is 20.3 Å². The molecule has 0 saturated heterocycles. The van der Waals surface area contributed by atoms with E-state index in [1.165, 1.54) is 0 Å². The monoisotopic (exact) mass is 360 g/mol. The van der Waals surface area contributed by atoms with Crippen LogP contribution in [-0.4, -0.2) is 44.6 Å². The molecule has 0 fully saturated rings. The SMILES string of the molecule is Cc1c(C(=O)NCCCCC(=O)O)nnn1-c1ccc(OC(C)C)cc1. The Bertz CT molecular complexity index is 753. The van der Waals surface area contributed by atoms with Crippen molar-refractivity contribution in [3.63, 3.8) is 0 Å². The number of hydrogen-bond donors (Lipinski definition) is 2. The lowest BCUT2D eigenvalue weighted by Crippen LogP contribution is -2.25. The van der Waals surface area contributed by atoms with E-state index in [0.29, 0.717) is 25.1 Å². The Balaban J connectivity index is 1.98. The molecule has 0 radical (unpaired) electrons. The van der Waals surface area contributed by atoms with E-state index in [1.807, 2.05) is 38.1 Å². The maximum absolute atomic E-state index is 12.2. The number of aromatic nitrogens is 3. The first-order valence-electron chi connectivity index (χ1n) is 8.58. The van der Waals surface area contributed by atoms with Crippen molar-refractivity contribution in [2.75, 3.05) is 6.54 Å². The standard InChI is InChI=1S/C18H24N4O4/c1-12(2)26-15-9-7-14(8-10-15)22-13(3)17(20-21-22)18(25)19-11-5-4-6-16(23)24/h7-10,12H,4-6,11H2,1-3H3,(H,19,25)(H,23,24). The van der Waals surface area contributed by atoms with E-state index in [-0.39, 0.29) is 24.1 Å². The van der Waals surface area contributed by atoms with Gasteiger partial charge >= 0.3 is 5.97 Å². The third kappa shape index (κ3) is 5.30. The Labute approximate surface area is 152 Å². The largest absolute Gasteiger partial charge is 0.491 e. The van der Waals surface area contributed by atoms with Crippen LogP contribution < -0.4 is 10.1 Å². The predicted molar refractivity (Wildman–Crippen MR) is 95.7 cm³/mol. The van der Waals surface area contributed by atoms with E-state index in [9.17, 15) is 9.59 Å². The van der Waals surface area contributed by atoms with E-state index in [2.05, 4.69) is 15.6 Å². The molecule has 0 aliphatic heterocycles. The highest BCUT2D eigenvalue weighted by Gasteiger charge is 2.17. The minimum atomic E-state index is -0.833. The first kappa shape index (κ1) is 19.4. The van der Waals surface area contributed by atoms with Crippen LogP contribution in [0.25, 0.3) is 5.69 Å². The van der Waals surface area contributed by atoms with Gasteiger partial charge in [0, 0.05) is 13.0 Å². The number of benzene rings is 1. The van der Waals surface area contributed by atoms with Gasteiger partial charge in [-0.05, 0) is 57.9 Å². The molecule has 0 unspecified atom stereocenters. The number of nitrogens with one attached hydrogen (secondary N) is 1. The van der Waals surface area contributed by atoms with Gasteiger partial charge in [-0.15, -0.1) is 5.10 Å². The molecule has 2 aromatic rings. The van der Waals surface area contributed by atoms with Crippen molar-refractivity contribution in [3.8, 4) is 11.4 Å². The fraction of sp³-hybridized carbons (Fsp3) is 0.444. The summed E-state index contributed by atoms with van der Waals surface area (Å²) in [4.78, 5) is 22.7. The summed E-state index contributed by atoms with van der Waals surface area (Å²) in [6.07, 6.45) is 1.32. The molecule has 0 saturated carbocycles. The number of ether oxygens (including phenoxy) is 1. The van der Waals surface area contributed by atoms with Gasteiger partial charge in [0.1, 0.15) is 5.75 Å². The molecule has 8 heteroatoms. The van der Waals surface area contributed by atoms with Crippen molar-refractivity contribution >= 4 is 11.9 Å². The van der Waals surface area contributed by atoms with Crippen LogP contribution in [0.3, 0.4) is 0 Å². The van der Waals surface area contributed by atoms with Gasteiger partial charge in [-0.1, -0.05) is 5.21 Å². The minimum absolute atomic E-state index is 0.0970. The number of carboxylic acid groups (broad SMARTS) is 1. The maximum Gasteiger partial charge on any atom is 0.303 e. The van der Waals surface area contributed by atoms with Gasteiger partial charge in [-0.25, -0.2) is 4.68 Å². The van der Waals surface area contributed by atoms with Crippen LogP contribution in [0.2, 0.25) is 0 Å². The van der Waals surface area contributed by atoms with Crippen LogP contribution in [0.5, 0.6) is 5.75 Å². The molecule has 2 rings (SSSR count). The minimum Gasteiger partial charge on any atom is -0.491 e. The zero-order chi connectivity index (χ0) is 19.1. The molecule has 2 N–H and O–H groups in total. The van der Waals surface area contributed by atoms with Crippen LogP contribution in [0.1, 0.15) is 49.3 Å². The van der Waals surface area contributed by atoms with Gasteiger partial charge < -0.3 is 15.2 Å². The first-order valence-corrected chi connectivity index (χ1v) is 8.58. The lowest BCUT2D eigenvalue weighted by atomic mass is 10.2. The molecular weight excluding hydrogens is 336 g/mol. The van der Waals surface area contributed by atoms with Crippen molar-refractivity contribution < 1.29 is 19.4 Å². The molecule has 8 nitrogen and oxygen atoms in total. The number of nitrogens with zero attached hydrogens (tertiary/aromatic N) is 3. The lowest BCUT2D eigenvalue weighted by Gasteiger charge is -2.10. The summed E-state index contributed by atoms with van der Waals surface area (Å²) in [5.41, 5.74) is 1.67. The third-order valence-electron chi connectivity index (χ3n) is 3.67.